The highest BCUT2D eigenvalue weighted by molar-refractivity contribution is 5.98. The molecule has 4 N–H and O–H groups in total. The predicted molar refractivity (Wildman–Crippen MR) is 154 cm³/mol. The maximum absolute atomic E-state index is 6.18. The van der Waals surface area contributed by atoms with Crippen LogP contribution in [0.3, 0.4) is 0 Å². The zero-order valence-corrected chi connectivity index (χ0v) is 19.7. The smallest absolute Gasteiger partial charge is 0.0627 e. The summed E-state index contributed by atoms with van der Waals surface area (Å²) >= 11 is 0. The Bertz CT molecular complexity index is 1860. The summed E-state index contributed by atoms with van der Waals surface area (Å²) in [6.07, 6.45) is 4.45. The molecule has 170 valence electrons. The number of anilines is 2. The molecule has 0 aromatic heterocycles. The Morgan fingerprint density at radius 2 is 0.917 bits per heavy atom. The Labute approximate surface area is 209 Å². The van der Waals surface area contributed by atoms with Gasteiger partial charge in [-0.25, -0.2) is 0 Å². The molecule has 0 unspecified atom stereocenters. The second kappa shape index (κ2) is 7.86. The fourth-order valence-corrected chi connectivity index (χ4v) is 5.51. The molecule has 36 heavy (non-hydrogen) atoms. The fraction of sp³-hybridized carbons (Fsp3) is 0. The monoisotopic (exact) mass is 460 g/mol. The van der Waals surface area contributed by atoms with E-state index in [9.17, 15) is 0 Å². The van der Waals surface area contributed by atoms with E-state index in [0.717, 1.165) is 5.56 Å². The van der Waals surface area contributed by atoms with Crippen LogP contribution < -0.4 is 21.9 Å². The Morgan fingerprint density at radius 1 is 0.417 bits per heavy atom. The number of nitrogens with two attached hydrogens (primary N) is 2. The third kappa shape index (κ3) is 3.12. The van der Waals surface area contributed by atoms with Crippen LogP contribution in [0.1, 0.15) is 11.1 Å². The Balaban J connectivity index is 0.000000136. The van der Waals surface area contributed by atoms with Gasteiger partial charge >= 0.3 is 0 Å². The first-order chi connectivity index (χ1) is 17.7. The van der Waals surface area contributed by atoms with Crippen LogP contribution in [0.2, 0.25) is 0 Å². The van der Waals surface area contributed by atoms with Crippen molar-refractivity contribution in [1.29, 1.82) is 0 Å². The predicted octanol–water partition coefficient (Wildman–Crippen LogP) is 6.46. The van der Waals surface area contributed by atoms with Crippen LogP contribution in [0.5, 0.6) is 0 Å². The molecule has 8 rings (SSSR count). The van der Waals surface area contributed by atoms with E-state index < -0.39 is 0 Å². The molecule has 2 heteroatoms. The highest BCUT2D eigenvalue weighted by atomic mass is 14.7. The van der Waals surface area contributed by atoms with Crippen molar-refractivity contribution in [1.82, 2.24) is 0 Å². The average Bonchev–Trinajstić information content (AvgIpc) is 3.49. The van der Waals surface area contributed by atoms with Gasteiger partial charge in [0.15, 0.2) is 0 Å². The summed E-state index contributed by atoms with van der Waals surface area (Å²) < 4.78 is 0. The number of hydrogen-bond donors (Lipinski definition) is 2. The molecule has 2 aliphatic carbocycles. The van der Waals surface area contributed by atoms with E-state index in [-0.39, 0.29) is 0 Å². The molecule has 0 fully saturated rings. The molecule has 6 aromatic rings. The minimum absolute atomic E-state index is 0.645. The van der Waals surface area contributed by atoms with Gasteiger partial charge in [0, 0.05) is 5.56 Å². The van der Waals surface area contributed by atoms with E-state index in [0.29, 0.717) is 11.4 Å². The highest BCUT2D eigenvalue weighted by Crippen LogP contribution is 2.35. The van der Waals surface area contributed by atoms with Crippen molar-refractivity contribution in [3.63, 3.8) is 0 Å². The quantitative estimate of drug-likeness (QED) is 0.201. The minimum atomic E-state index is 0.645. The second-order valence-electron chi connectivity index (χ2n) is 9.44. The van der Waals surface area contributed by atoms with Gasteiger partial charge < -0.3 is 11.5 Å². The molecule has 6 aromatic carbocycles. The molecule has 0 atom stereocenters. The Kier molecular flexibility index (Phi) is 4.49. The minimum Gasteiger partial charge on any atom is -0.397 e. The maximum atomic E-state index is 6.18. The van der Waals surface area contributed by atoms with E-state index in [4.69, 9.17) is 11.5 Å². The van der Waals surface area contributed by atoms with Crippen molar-refractivity contribution in [2.24, 2.45) is 0 Å². The van der Waals surface area contributed by atoms with Gasteiger partial charge in [0.25, 0.3) is 0 Å². The SMILES string of the molecule is Nc1ccc2c(c1N)C=c1c-2ccc2c1=Cc1ccccc1-2.c1ccc2cc3ccccc3cc2c1. The number of benzene rings is 6. The summed E-state index contributed by atoms with van der Waals surface area (Å²) in [7, 11) is 0. The van der Waals surface area contributed by atoms with E-state index in [1.165, 1.54) is 59.8 Å². The number of hydrogen-bond acceptors (Lipinski definition) is 2. The van der Waals surface area contributed by atoms with Gasteiger partial charge in [-0.1, -0.05) is 91.0 Å². The lowest BCUT2D eigenvalue weighted by Gasteiger charge is -2.07. The Morgan fingerprint density at radius 3 is 1.56 bits per heavy atom. The zero-order valence-electron chi connectivity index (χ0n) is 19.7. The summed E-state index contributed by atoms with van der Waals surface area (Å²) in [5.74, 6) is 0. The van der Waals surface area contributed by atoms with Gasteiger partial charge in [-0.05, 0) is 90.2 Å². The molecular weight excluding hydrogens is 436 g/mol. The summed E-state index contributed by atoms with van der Waals surface area (Å²) in [5.41, 5.74) is 20.8. The first kappa shape index (κ1) is 20.5. The molecule has 0 bridgehead atoms. The number of fused-ring (bicyclic) bond motifs is 9. The van der Waals surface area contributed by atoms with Gasteiger partial charge in [-0.3, -0.25) is 0 Å². The molecule has 0 heterocycles. The fourth-order valence-electron chi connectivity index (χ4n) is 5.51. The van der Waals surface area contributed by atoms with Crippen molar-refractivity contribution in [2.45, 2.75) is 0 Å². The Hall–Kier alpha value is -4.82. The summed E-state index contributed by atoms with van der Waals surface area (Å²) in [4.78, 5) is 0. The lowest BCUT2D eigenvalue weighted by molar-refractivity contribution is 1.54. The molecule has 2 nitrogen and oxygen atoms in total. The first-order valence-electron chi connectivity index (χ1n) is 12.2. The first-order valence-corrected chi connectivity index (χ1v) is 12.2. The van der Waals surface area contributed by atoms with Crippen LogP contribution in [0.25, 0.3) is 56.0 Å². The van der Waals surface area contributed by atoms with E-state index >= 15 is 0 Å². The van der Waals surface area contributed by atoms with Crippen molar-refractivity contribution < 1.29 is 0 Å². The third-order valence-corrected chi connectivity index (χ3v) is 7.35. The molecule has 0 radical (unpaired) electrons. The topological polar surface area (TPSA) is 52.0 Å². The van der Waals surface area contributed by atoms with Gasteiger partial charge in [0.05, 0.1) is 11.4 Å². The van der Waals surface area contributed by atoms with E-state index in [1.54, 1.807) is 0 Å². The normalized spacial score (nSPS) is 12.0. The third-order valence-electron chi connectivity index (χ3n) is 7.35. The van der Waals surface area contributed by atoms with Crippen molar-refractivity contribution in [3.05, 3.63) is 131 Å². The number of nitrogen functional groups attached to an aromatic ring is 2. The van der Waals surface area contributed by atoms with Gasteiger partial charge in [-0.15, -0.1) is 0 Å². The van der Waals surface area contributed by atoms with Crippen LogP contribution >= 0.6 is 0 Å². The molecule has 0 amide bonds. The zero-order chi connectivity index (χ0) is 24.2. The summed E-state index contributed by atoms with van der Waals surface area (Å²) in [6.45, 7) is 0. The lowest BCUT2D eigenvalue weighted by atomic mass is 10.00. The van der Waals surface area contributed by atoms with Crippen LogP contribution in [-0.2, 0) is 0 Å². The van der Waals surface area contributed by atoms with Gasteiger partial charge in [0.1, 0.15) is 0 Å². The standard InChI is InChI=1S/C20H14N2.C14H10/c21-19-8-7-15-14-6-5-13-12-4-2-1-3-11(12)9-16(13)17(14)10-18(15)20(19)22;1-2-6-12-10-14-8-4-3-7-13(14)9-11(12)5-1/h1-10H,21-22H2;1-10H. The molecule has 2 aliphatic rings. The summed E-state index contributed by atoms with van der Waals surface area (Å²) in [6, 6.07) is 38.3. The number of rotatable bonds is 0. The highest BCUT2D eigenvalue weighted by Gasteiger charge is 2.20. The molecular formula is C34H24N2. The van der Waals surface area contributed by atoms with E-state index in [1.807, 2.05) is 6.07 Å². The molecule has 0 saturated carbocycles. The average molecular weight is 461 g/mol. The van der Waals surface area contributed by atoms with Crippen LogP contribution in [0.4, 0.5) is 11.4 Å². The largest absolute Gasteiger partial charge is 0.397 e. The molecule has 0 aliphatic heterocycles. The van der Waals surface area contributed by atoms with Crippen molar-refractivity contribution in [3.8, 4) is 22.3 Å². The van der Waals surface area contributed by atoms with E-state index in [2.05, 4.69) is 115 Å². The second-order valence-corrected chi connectivity index (χ2v) is 9.44. The van der Waals surface area contributed by atoms with Crippen LogP contribution in [-0.4, -0.2) is 0 Å². The van der Waals surface area contributed by atoms with Crippen molar-refractivity contribution in [2.75, 3.05) is 11.5 Å². The van der Waals surface area contributed by atoms with Gasteiger partial charge in [0.2, 0.25) is 0 Å². The molecule has 0 spiro atoms. The summed E-state index contributed by atoms with van der Waals surface area (Å²) in [5, 5.41) is 7.78. The lowest BCUT2D eigenvalue weighted by Crippen LogP contribution is -2.25. The maximum Gasteiger partial charge on any atom is 0.0627 e. The van der Waals surface area contributed by atoms with Gasteiger partial charge in [-0.2, -0.15) is 0 Å². The van der Waals surface area contributed by atoms with Crippen LogP contribution in [0, 0.1) is 0 Å². The van der Waals surface area contributed by atoms with Crippen LogP contribution in [0.15, 0.2) is 109 Å². The van der Waals surface area contributed by atoms with Crippen molar-refractivity contribution >= 4 is 45.1 Å². The molecule has 0 saturated heterocycles.